The molecule has 0 radical (unpaired) electrons. The molecule has 170 valence electrons. The number of alkyl halides is 1. The minimum Gasteiger partial charge on any atom is -0.366 e. The van der Waals surface area contributed by atoms with Gasteiger partial charge in [0.2, 0.25) is 5.91 Å². The number of carbonyl (C=O) groups is 1. The number of hydrogen-bond acceptors (Lipinski definition) is 4. The predicted molar refractivity (Wildman–Crippen MR) is 127 cm³/mol. The maximum Gasteiger partial charge on any atom is 0.229 e. The molecular weight excluding hydrogens is 479 g/mol. The Morgan fingerprint density at radius 2 is 1.48 bits per heavy atom. The Labute approximate surface area is 191 Å². The summed E-state index contributed by atoms with van der Waals surface area (Å²) in [7, 11) is 0. The van der Waals surface area contributed by atoms with Gasteiger partial charge in [0, 0.05) is 12.0 Å². The molecule has 2 fully saturated rings. The summed E-state index contributed by atoms with van der Waals surface area (Å²) in [6.07, 6.45) is 4.73. The summed E-state index contributed by atoms with van der Waals surface area (Å²) in [5, 5.41) is 3.01. The van der Waals surface area contributed by atoms with Crippen molar-refractivity contribution in [2.45, 2.75) is 104 Å². The van der Waals surface area contributed by atoms with Crippen molar-refractivity contribution in [3.8, 4) is 0 Å². The fourth-order valence-corrected chi connectivity index (χ4v) is 5.75. The monoisotopic (exact) mass is 522 g/mol. The van der Waals surface area contributed by atoms with Crippen LogP contribution in [0.2, 0.25) is 0 Å². The smallest absolute Gasteiger partial charge is 0.229 e. The molecule has 4 unspecified atom stereocenters. The molecule has 2 heterocycles. The fourth-order valence-electron chi connectivity index (χ4n) is 5.48. The van der Waals surface area contributed by atoms with Gasteiger partial charge in [-0.15, -0.1) is 0 Å². The number of nitrogens with one attached hydrogen (secondary N) is 1. The van der Waals surface area contributed by atoms with Gasteiger partial charge in [0.25, 0.3) is 0 Å². The van der Waals surface area contributed by atoms with Crippen molar-refractivity contribution < 1.29 is 14.3 Å². The SMILES string of the molecule is CC(C)(CN)CC(C)(C)C1OC1(C)CCCC1(C)OC1C(C)(C)CNC(=O)CI. The van der Waals surface area contributed by atoms with Crippen LogP contribution in [0.15, 0.2) is 0 Å². The molecule has 1 amide bonds. The first-order valence-corrected chi connectivity index (χ1v) is 12.5. The number of amides is 1. The normalized spacial score (nSPS) is 32.2. The molecule has 4 atom stereocenters. The average Bonchev–Trinajstić information content (AvgIpc) is 3.48. The molecule has 0 aromatic carbocycles. The highest BCUT2D eigenvalue weighted by molar-refractivity contribution is 14.1. The van der Waals surface area contributed by atoms with Crippen LogP contribution in [0.5, 0.6) is 0 Å². The van der Waals surface area contributed by atoms with E-state index in [2.05, 4.69) is 83.3 Å². The van der Waals surface area contributed by atoms with E-state index in [1.54, 1.807) is 0 Å². The van der Waals surface area contributed by atoms with Crippen LogP contribution in [-0.2, 0) is 14.3 Å². The second kappa shape index (κ2) is 8.55. The van der Waals surface area contributed by atoms with Crippen molar-refractivity contribution in [1.29, 1.82) is 0 Å². The Morgan fingerprint density at radius 1 is 1.00 bits per heavy atom. The van der Waals surface area contributed by atoms with E-state index >= 15 is 0 Å². The van der Waals surface area contributed by atoms with Gasteiger partial charge in [0.1, 0.15) is 0 Å². The van der Waals surface area contributed by atoms with E-state index in [-0.39, 0.29) is 39.5 Å². The second-order valence-electron chi connectivity index (χ2n) is 11.9. The van der Waals surface area contributed by atoms with Crippen LogP contribution >= 0.6 is 22.6 Å². The number of ether oxygens (including phenoxy) is 2. The average molecular weight is 523 g/mol. The Balaban J connectivity index is 1.80. The second-order valence-corrected chi connectivity index (χ2v) is 12.7. The third-order valence-electron chi connectivity index (χ3n) is 6.88. The maximum absolute atomic E-state index is 11.6. The molecule has 2 aliphatic rings. The zero-order chi connectivity index (χ0) is 22.3. The Bertz CT molecular complexity index is 607. The molecule has 0 bridgehead atoms. The summed E-state index contributed by atoms with van der Waals surface area (Å²) in [5.74, 6) is 0.0892. The van der Waals surface area contributed by atoms with Gasteiger partial charge in [-0.1, -0.05) is 64.1 Å². The molecule has 5 nitrogen and oxygen atoms in total. The van der Waals surface area contributed by atoms with Crippen molar-refractivity contribution >= 4 is 28.5 Å². The summed E-state index contributed by atoms with van der Waals surface area (Å²) in [6.45, 7) is 19.3. The van der Waals surface area contributed by atoms with Crippen molar-refractivity contribution in [2.75, 3.05) is 17.5 Å². The van der Waals surface area contributed by atoms with Gasteiger partial charge in [0.15, 0.2) is 0 Å². The zero-order valence-electron chi connectivity index (χ0n) is 19.8. The molecule has 0 aliphatic carbocycles. The van der Waals surface area contributed by atoms with Gasteiger partial charge in [0.05, 0.1) is 27.8 Å². The lowest BCUT2D eigenvalue weighted by molar-refractivity contribution is -0.118. The van der Waals surface area contributed by atoms with Crippen LogP contribution in [0.4, 0.5) is 0 Å². The fraction of sp³-hybridized carbons (Fsp3) is 0.957. The minimum absolute atomic E-state index is 0.0291. The number of rotatable bonds is 12. The summed E-state index contributed by atoms with van der Waals surface area (Å²) < 4.78 is 12.9. The van der Waals surface area contributed by atoms with Crippen LogP contribution in [0.25, 0.3) is 0 Å². The molecule has 3 N–H and O–H groups in total. The molecule has 2 aliphatic heterocycles. The van der Waals surface area contributed by atoms with Crippen LogP contribution < -0.4 is 11.1 Å². The maximum atomic E-state index is 11.6. The van der Waals surface area contributed by atoms with Crippen molar-refractivity contribution in [3.05, 3.63) is 0 Å². The molecule has 29 heavy (non-hydrogen) atoms. The van der Waals surface area contributed by atoms with E-state index in [1.165, 1.54) is 0 Å². The highest BCUT2D eigenvalue weighted by atomic mass is 127. The predicted octanol–water partition coefficient (Wildman–Crippen LogP) is 4.45. The highest BCUT2D eigenvalue weighted by Crippen LogP contribution is 2.55. The molecule has 2 rings (SSSR count). The Morgan fingerprint density at radius 3 is 1.93 bits per heavy atom. The number of halogens is 1. The van der Waals surface area contributed by atoms with E-state index in [0.29, 0.717) is 23.6 Å². The molecule has 2 saturated heterocycles. The Kier molecular flexibility index (Phi) is 7.47. The van der Waals surface area contributed by atoms with E-state index in [1.807, 2.05) is 0 Å². The summed E-state index contributed by atoms with van der Waals surface area (Å²) in [4.78, 5) is 11.6. The van der Waals surface area contributed by atoms with Crippen LogP contribution in [-0.4, -0.2) is 46.8 Å². The number of hydrogen-bond donors (Lipinski definition) is 2. The van der Waals surface area contributed by atoms with Gasteiger partial charge in [-0.05, 0) is 56.9 Å². The first-order chi connectivity index (χ1) is 13.1. The van der Waals surface area contributed by atoms with Gasteiger partial charge in [-0.25, -0.2) is 0 Å². The Hall–Kier alpha value is 0.0800. The van der Waals surface area contributed by atoms with Crippen molar-refractivity contribution in [2.24, 2.45) is 22.0 Å². The van der Waals surface area contributed by atoms with Crippen LogP contribution in [0, 0.1) is 16.2 Å². The molecule has 6 heteroatoms. The summed E-state index contributed by atoms with van der Waals surface area (Å²) >= 11 is 2.09. The molecular formula is C23H43IN2O3. The lowest BCUT2D eigenvalue weighted by Gasteiger charge is -2.34. The van der Waals surface area contributed by atoms with Crippen molar-refractivity contribution in [1.82, 2.24) is 5.32 Å². The molecule has 0 saturated carbocycles. The number of carbonyl (C=O) groups excluding carboxylic acids is 1. The summed E-state index contributed by atoms with van der Waals surface area (Å²) in [6, 6.07) is 0. The largest absolute Gasteiger partial charge is 0.366 e. The topological polar surface area (TPSA) is 80.2 Å². The van der Waals surface area contributed by atoms with Crippen LogP contribution in [0.3, 0.4) is 0 Å². The number of nitrogens with two attached hydrogens (primary N) is 1. The zero-order valence-corrected chi connectivity index (χ0v) is 21.9. The minimum atomic E-state index is -0.0869. The van der Waals surface area contributed by atoms with E-state index in [0.717, 1.165) is 25.7 Å². The first-order valence-electron chi connectivity index (χ1n) is 11.0. The van der Waals surface area contributed by atoms with Gasteiger partial charge < -0.3 is 20.5 Å². The summed E-state index contributed by atoms with van der Waals surface area (Å²) in [5.41, 5.74) is 6.04. The van der Waals surface area contributed by atoms with E-state index < -0.39 is 0 Å². The van der Waals surface area contributed by atoms with Gasteiger partial charge in [-0.2, -0.15) is 0 Å². The standard InChI is InChI=1S/C23H43IN2O3/c1-19(2,14-25)13-20(3,4)17-22(7,28-17)10-9-11-23(8)18(29-23)21(5,6)15-26-16(27)12-24/h17-18H,9-15,25H2,1-8H3,(H,26,27). The van der Waals surface area contributed by atoms with E-state index in [9.17, 15) is 4.79 Å². The van der Waals surface area contributed by atoms with Crippen LogP contribution in [0.1, 0.15) is 81.1 Å². The first kappa shape index (κ1) is 25.3. The molecule has 0 aromatic rings. The number of epoxide rings is 2. The van der Waals surface area contributed by atoms with Gasteiger partial charge >= 0.3 is 0 Å². The lowest BCUT2D eigenvalue weighted by Crippen LogP contribution is -2.39. The van der Waals surface area contributed by atoms with Gasteiger partial charge in [-0.3, -0.25) is 4.79 Å². The quantitative estimate of drug-likeness (QED) is 0.226. The van der Waals surface area contributed by atoms with E-state index in [4.69, 9.17) is 15.2 Å². The third-order valence-corrected chi connectivity index (χ3v) is 7.58. The van der Waals surface area contributed by atoms with Crippen molar-refractivity contribution in [3.63, 3.8) is 0 Å². The molecule has 0 spiro atoms. The molecule has 0 aromatic heterocycles. The lowest BCUT2D eigenvalue weighted by atomic mass is 9.70. The third kappa shape index (κ3) is 6.30. The highest BCUT2D eigenvalue weighted by Gasteiger charge is 2.61.